The molecule has 41 heavy (non-hydrogen) atoms. The van der Waals surface area contributed by atoms with E-state index in [4.69, 9.17) is 14.5 Å². The molecule has 3 aromatic carbocycles. The predicted octanol–water partition coefficient (Wildman–Crippen LogP) is 4.66. The summed E-state index contributed by atoms with van der Waals surface area (Å²) in [6.07, 6.45) is 1.98. The lowest BCUT2D eigenvalue weighted by Crippen LogP contribution is -2.52. The van der Waals surface area contributed by atoms with Crippen LogP contribution in [-0.4, -0.2) is 78.7 Å². The second kappa shape index (κ2) is 12.2. The summed E-state index contributed by atoms with van der Waals surface area (Å²) < 4.78 is 13.0. The number of amides is 1. The zero-order valence-corrected chi connectivity index (χ0v) is 24.0. The van der Waals surface area contributed by atoms with E-state index in [0.717, 1.165) is 93.6 Å². The Labute approximate surface area is 242 Å². The Bertz CT molecular complexity index is 1460. The Morgan fingerprint density at radius 1 is 0.829 bits per heavy atom. The molecule has 3 heterocycles. The molecule has 8 heteroatoms. The number of fused-ring (bicyclic) bond motifs is 1. The molecule has 6 rings (SSSR count). The lowest BCUT2D eigenvalue weighted by Gasteiger charge is -2.39. The number of piperidine rings is 1. The number of piperazine rings is 1. The molecule has 0 bridgehead atoms. The summed E-state index contributed by atoms with van der Waals surface area (Å²) in [4.78, 5) is 25.5. The number of imidazole rings is 1. The van der Waals surface area contributed by atoms with Crippen LogP contribution >= 0.6 is 0 Å². The fourth-order valence-electron chi connectivity index (χ4n) is 6.17. The number of methoxy groups -OCH3 is 2. The van der Waals surface area contributed by atoms with E-state index in [-0.39, 0.29) is 5.92 Å². The number of nitrogens with zero attached hydrogens (tertiary/aromatic N) is 5. The maximum Gasteiger partial charge on any atom is 0.227 e. The first-order valence-electron chi connectivity index (χ1n) is 14.6. The molecule has 2 fully saturated rings. The van der Waals surface area contributed by atoms with Crippen molar-refractivity contribution in [2.24, 2.45) is 5.92 Å². The molecule has 0 aliphatic carbocycles. The number of hydrogen-bond acceptors (Lipinski definition) is 6. The van der Waals surface area contributed by atoms with Gasteiger partial charge >= 0.3 is 0 Å². The SMILES string of the molecule is COc1ccc(Cn2c(CN3CCC[C@H](C(=O)N4CCN(c5ccc(OC)cc5)CC4)C3)nc3ccccc32)cc1. The lowest BCUT2D eigenvalue weighted by molar-refractivity contribution is -0.137. The van der Waals surface area contributed by atoms with Crippen molar-refractivity contribution in [3.8, 4) is 11.5 Å². The minimum absolute atomic E-state index is 0.0377. The highest BCUT2D eigenvalue weighted by atomic mass is 16.5. The maximum absolute atomic E-state index is 13.6. The van der Waals surface area contributed by atoms with Gasteiger partial charge in [-0.05, 0) is 73.5 Å². The predicted molar refractivity (Wildman–Crippen MR) is 162 cm³/mol. The van der Waals surface area contributed by atoms with Gasteiger partial charge in [-0.25, -0.2) is 4.98 Å². The van der Waals surface area contributed by atoms with Gasteiger partial charge in [0.1, 0.15) is 17.3 Å². The lowest BCUT2D eigenvalue weighted by atomic mass is 9.96. The normalized spacial score (nSPS) is 18.0. The fraction of sp³-hybridized carbons (Fsp3) is 0.394. The van der Waals surface area contributed by atoms with Gasteiger partial charge in [0.15, 0.2) is 0 Å². The van der Waals surface area contributed by atoms with Gasteiger partial charge < -0.3 is 23.8 Å². The Hall–Kier alpha value is -4.04. The first-order chi connectivity index (χ1) is 20.1. The number of carbonyl (C=O) groups excluding carboxylic acids is 1. The number of carbonyl (C=O) groups is 1. The van der Waals surface area contributed by atoms with E-state index in [9.17, 15) is 4.79 Å². The average Bonchev–Trinajstić information content (AvgIpc) is 3.37. The van der Waals surface area contributed by atoms with Crippen LogP contribution in [0.2, 0.25) is 0 Å². The summed E-state index contributed by atoms with van der Waals surface area (Å²) in [6, 6.07) is 24.8. The van der Waals surface area contributed by atoms with Crippen molar-refractivity contribution in [3.05, 3.63) is 84.2 Å². The highest BCUT2D eigenvalue weighted by Crippen LogP contribution is 2.26. The van der Waals surface area contributed by atoms with Crippen molar-refractivity contribution in [3.63, 3.8) is 0 Å². The molecule has 1 aromatic heterocycles. The molecule has 214 valence electrons. The Morgan fingerprint density at radius 2 is 1.51 bits per heavy atom. The van der Waals surface area contributed by atoms with E-state index in [1.165, 1.54) is 11.3 Å². The molecule has 0 radical (unpaired) electrons. The van der Waals surface area contributed by atoms with Crippen LogP contribution in [0, 0.1) is 5.92 Å². The summed E-state index contributed by atoms with van der Waals surface area (Å²) in [6.45, 7) is 6.48. The summed E-state index contributed by atoms with van der Waals surface area (Å²) in [7, 11) is 3.38. The highest BCUT2D eigenvalue weighted by molar-refractivity contribution is 5.79. The molecule has 4 aromatic rings. The zero-order valence-electron chi connectivity index (χ0n) is 24.0. The molecule has 2 aliphatic rings. The number of benzene rings is 3. The quantitative estimate of drug-likeness (QED) is 0.316. The molecule has 0 N–H and O–H groups in total. The zero-order chi connectivity index (χ0) is 28.2. The van der Waals surface area contributed by atoms with Gasteiger partial charge in [-0.15, -0.1) is 0 Å². The van der Waals surface area contributed by atoms with Crippen LogP contribution in [-0.2, 0) is 17.9 Å². The van der Waals surface area contributed by atoms with E-state index >= 15 is 0 Å². The molecule has 2 saturated heterocycles. The van der Waals surface area contributed by atoms with Crippen molar-refractivity contribution in [2.75, 3.05) is 58.4 Å². The molecule has 1 amide bonds. The van der Waals surface area contributed by atoms with E-state index in [0.29, 0.717) is 5.91 Å². The van der Waals surface area contributed by atoms with E-state index in [2.05, 4.69) is 61.7 Å². The minimum atomic E-state index is 0.0377. The average molecular weight is 554 g/mol. The van der Waals surface area contributed by atoms with Crippen LogP contribution in [0.4, 0.5) is 5.69 Å². The third-order valence-corrected chi connectivity index (χ3v) is 8.48. The molecular formula is C33H39N5O3. The van der Waals surface area contributed by atoms with Crippen LogP contribution in [0.1, 0.15) is 24.2 Å². The van der Waals surface area contributed by atoms with Crippen molar-refractivity contribution in [1.82, 2.24) is 19.4 Å². The van der Waals surface area contributed by atoms with Crippen molar-refractivity contribution in [2.45, 2.75) is 25.9 Å². The Balaban J connectivity index is 1.10. The standard InChI is InChI=1S/C33H39N5O3/c1-40-28-13-9-25(10-14-28)22-38-31-8-4-3-7-30(31)34-32(38)24-35-17-5-6-26(23-35)33(39)37-20-18-36(19-21-37)27-11-15-29(41-2)16-12-27/h3-4,7-16,26H,5-6,17-24H2,1-2H3/t26-/m0/s1. The maximum atomic E-state index is 13.6. The monoisotopic (exact) mass is 553 g/mol. The number of ether oxygens (including phenoxy) is 2. The van der Waals surface area contributed by atoms with E-state index in [1.807, 2.05) is 30.3 Å². The van der Waals surface area contributed by atoms with Gasteiger partial charge in [-0.3, -0.25) is 9.69 Å². The summed E-state index contributed by atoms with van der Waals surface area (Å²) in [5.74, 6) is 3.10. The Kier molecular flexibility index (Phi) is 8.09. The van der Waals surface area contributed by atoms with Gasteiger partial charge in [0.05, 0.1) is 37.7 Å². The Morgan fingerprint density at radius 3 is 2.22 bits per heavy atom. The number of rotatable bonds is 8. The molecule has 0 unspecified atom stereocenters. The number of aromatic nitrogens is 2. The van der Waals surface area contributed by atoms with Gasteiger partial charge in [0.2, 0.25) is 5.91 Å². The largest absolute Gasteiger partial charge is 0.497 e. The summed E-state index contributed by atoms with van der Waals surface area (Å²) in [5, 5.41) is 0. The van der Waals surface area contributed by atoms with Crippen molar-refractivity contribution < 1.29 is 14.3 Å². The molecule has 8 nitrogen and oxygen atoms in total. The topological polar surface area (TPSA) is 63.1 Å². The van der Waals surface area contributed by atoms with E-state index in [1.54, 1.807) is 14.2 Å². The number of likely N-dealkylation sites (tertiary alicyclic amines) is 1. The molecule has 1 atom stereocenters. The first kappa shape index (κ1) is 27.1. The smallest absolute Gasteiger partial charge is 0.227 e. The third-order valence-electron chi connectivity index (χ3n) is 8.48. The second-order valence-corrected chi connectivity index (χ2v) is 11.0. The number of para-hydroxylation sites is 2. The first-order valence-corrected chi connectivity index (χ1v) is 14.6. The van der Waals surface area contributed by atoms with Crippen LogP contribution < -0.4 is 14.4 Å². The highest BCUT2D eigenvalue weighted by Gasteiger charge is 2.31. The van der Waals surface area contributed by atoms with Crippen LogP contribution in [0.3, 0.4) is 0 Å². The van der Waals surface area contributed by atoms with Gasteiger partial charge in [-0.2, -0.15) is 0 Å². The van der Waals surface area contributed by atoms with Crippen molar-refractivity contribution >= 4 is 22.6 Å². The molecule has 0 saturated carbocycles. The van der Waals surface area contributed by atoms with Gasteiger partial charge in [0.25, 0.3) is 0 Å². The molecule has 0 spiro atoms. The second-order valence-electron chi connectivity index (χ2n) is 11.0. The summed E-state index contributed by atoms with van der Waals surface area (Å²) >= 11 is 0. The van der Waals surface area contributed by atoms with E-state index < -0.39 is 0 Å². The summed E-state index contributed by atoms with van der Waals surface area (Å²) in [5.41, 5.74) is 4.53. The van der Waals surface area contributed by atoms with Crippen LogP contribution in [0.25, 0.3) is 11.0 Å². The van der Waals surface area contributed by atoms with Crippen LogP contribution in [0.15, 0.2) is 72.8 Å². The molecule has 2 aliphatic heterocycles. The van der Waals surface area contributed by atoms with Crippen molar-refractivity contribution in [1.29, 1.82) is 0 Å². The number of hydrogen-bond donors (Lipinski definition) is 0. The van der Waals surface area contributed by atoms with Gasteiger partial charge in [0, 0.05) is 45.0 Å². The van der Waals surface area contributed by atoms with Gasteiger partial charge in [-0.1, -0.05) is 24.3 Å². The molecular weight excluding hydrogens is 514 g/mol. The minimum Gasteiger partial charge on any atom is -0.497 e. The fourth-order valence-corrected chi connectivity index (χ4v) is 6.17. The third kappa shape index (κ3) is 6.03. The number of anilines is 1. The van der Waals surface area contributed by atoms with Crippen LogP contribution in [0.5, 0.6) is 11.5 Å².